The van der Waals surface area contributed by atoms with Crippen molar-refractivity contribution in [2.45, 2.75) is 76.2 Å². The third-order valence-electron chi connectivity index (χ3n) is 9.81. The molecular weight excluding hydrogens is 694 g/mol. The molecule has 5 rings (SSSR count). The number of nitrogens with zero attached hydrogens (tertiary/aromatic N) is 4. The van der Waals surface area contributed by atoms with Gasteiger partial charge >= 0.3 is 12.0 Å². The van der Waals surface area contributed by atoms with Crippen molar-refractivity contribution in [1.29, 1.82) is 0 Å². The Labute approximate surface area is 313 Å². The number of benzene rings is 2. The number of esters is 1. The fraction of sp³-hybridized carbons (Fsp3) is 0.436. The molecule has 2 fully saturated rings. The van der Waals surface area contributed by atoms with Crippen molar-refractivity contribution in [2.75, 3.05) is 32.1 Å². The van der Waals surface area contributed by atoms with E-state index in [1.807, 2.05) is 13.0 Å². The summed E-state index contributed by atoms with van der Waals surface area (Å²) in [6.07, 6.45) is 6.36. The molecule has 0 saturated carbocycles. The van der Waals surface area contributed by atoms with E-state index < -0.39 is 78.4 Å². The first-order valence-corrected chi connectivity index (χ1v) is 17.9. The van der Waals surface area contributed by atoms with Gasteiger partial charge in [-0.2, -0.15) is 0 Å². The van der Waals surface area contributed by atoms with Gasteiger partial charge < -0.3 is 35.4 Å². The van der Waals surface area contributed by atoms with Crippen LogP contribution in [0.2, 0.25) is 0 Å². The number of terminal acetylenes is 1. The maximum Gasteiger partial charge on any atom is 0.328 e. The smallest absolute Gasteiger partial charge is 0.328 e. The van der Waals surface area contributed by atoms with E-state index in [0.29, 0.717) is 12.1 Å². The van der Waals surface area contributed by atoms with E-state index in [0.717, 1.165) is 10.5 Å². The molecule has 7 amide bonds. The van der Waals surface area contributed by atoms with E-state index in [4.69, 9.17) is 11.2 Å². The topological polar surface area (TPSA) is 187 Å². The molecule has 15 nitrogen and oxygen atoms in total. The number of hydrogen-bond donors (Lipinski definition) is 3. The molecule has 0 spiro atoms. The van der Waals surface area contributed by atoms with Crippen molar-refractivity contribution in [3.05, 3.63) is 66.2 Å². The summed E-state index contributed by atoms with van der Waals surface area (Å²) in [5.41, 5.74) is 1.03. The molecule has 15 heteroatoms. The SMILES string of the molecule is C#CC[C@H]1C(=O)/N=C(\C)C(=O)N2C[C@H](C)C[C@H]2C(=O)OC[C@H](NC(=O)[C@H](Cc2ccccc2)NC(=O)Nc2ccccc2)C(=O)N2CCC[C@H]2C(=O)N1C. The Bertz CT molecular complexity index is 1830. The molecule has 3 N–H and O–H groups in total. The van der Waals surface area contributed by atoms with Gasteiger partial charge in [0.1, 0.15) is 42.5 Å². The van der Waals surface area contributed by atoms with E-state index in [1.54, 1.807) is 54.6 Å². The third kappa shape index (κ3) is 9.30. The molecule has 0 unspecified atom stereocenters. The summed E-state index contributed by atoms with van der Waals surface area (Å²) in [4.78, 5) is 104. The van der Waals surface area contributed by atoms with Gasteiger partial charge in [0, 0.05) is 38.7 Å². The van der Waals surface area contributed by atoms with Crippen LogP contribution in [0.25, 0.3) is 0 Å². The van der Waals surface area contributed by atoms with Crippen LogP contribution in [-0.4, -0.2) is 119 Å². The number of cyclic esters (lactones) is 1. The zero-order valence-electron chi connectivity index (χ0n) is 30.5. The second-order valence-electron chi connectivity index (χ2n) is 13.8. The highest BCUT2D eigenvalue weighted by Gasteiger charge is 2.44. The average molecular weight is 740 g/mol. The number of fused-ring (bicyclic) bond motifs is 2. The number of hydrogen-bond acceptors (Lipinski definition) is 8. The predicted octanol–water partition coefficient (Wildman–Crippen LogP) is 1.53. The molecule has 54 heavy (non-hydrogen) atoms. The fourth-order valence-corrected chi connectivity index (χ4v) is 6.98. The predicted molar refractivity (Wildman–Crippen MR) is 198 cm³/mol. The van der Waals surface area contributed by atoms with Crippen LogP contribution in [0.5, 0.6) is 0 Å². The lowest BCUT2D eigenvalue weighted by Crippen LogP contribution is -2.59. The molecule has 6 atom stereocenters. The first-order valence-electron chi connectivity index (χ1n) is 17.9. The number of carbonyl (C=O) groups excluding carboxylic acids is 7. The molecule has 2 aromatic rings. The Morgan fingerprint density at radius 3 is 2.35 bits per heavy atom. The van der Waals surface area contributed by atoms with Gasteiger partial charge in [-0.3, -0.25) is 24.0 Å². The van der Waals surface area contributed by atoms with Crippen LogP contribution in [0.1, 0.15) is 45.1 Å². The molecule has 3 aliphatic rings. The van der Waals surface area contributed by atoms with Gasteiger partial charge in [-0.1, -0.05) is 55.5 Å². The maximum absolute atomic E-state index is 14.4. The molecule has 0 aromatic heterocycles. The van der Waals surface area contributed by atoms with Gasteiger partial charge in [0.05, 0.1) is 0 Å². The number of amides is 7. The van der Waals surface area contributed by atoms with Crippen LogP contribution in [-0.2, 0) is 39.9 Å². The lowest BCUT2D eigenvalue weighted by Gasteiger charge is -2.33. The lowest BCUT2D eigenvalue weighted by atomic mass is 10.0. The summed E-state index contributed by atoms with van der Waals surface area (Å²) in [5, 5.41) is 8.07. The fourth-order valence-electron chi connectivity index (χ4n) is 6.98. The molecule has 2 saturated heterocycles. The third-order valence-corrected chi connectivity index (χ3v) is 9.81. The highest BCUT2D eigenvalue weighted by Crippen LogP contribution is 2.26. The zero-order valence-corrected chi connectivity index (χ0v) is 30.5. The Hall–Kier alpha value is -6.04. The minimum atomic E-state index is -1.49. The summed E-state index contributed by atoms with van der Waals surface area (Å²) >= 11 is 0. The minimum Gasteiger partial charge on any atom is -0.461 e. The van der Waals surface area contributed by atoms with Gasteiger partial charge in [0.25, 0.3) is 11.8 Å². The van der Waals surface area contributed by atoms with Crippen molar-refractivity contribution in [2.24, 2.45) is 10.9 Å². The van der Waals surface area contributed by atoms with E-state index in [-0.39, 0.29) is 50.4 Å². The van der Waals surface area contributed by atoms with Crippen molar-refractivity contribution in [3.63, 3.8) is 0 Å². The van der Waals surface area contributed by atoms with Crippen LogP contribution < -0.4 is 16.0 Å². The second-order valence-corrected chi connectivity index (χ2v) is 13.8. The summed E-state index contributed by atoms with van der Waals surface area (Å²) in [7, 11) is 1.39. The van der Waals surface area contributed by atoms with E-state index in [9.17, 15) is 33.6 Å². The molecule has 2 aromatic carbocycles. The molecule has 0 bridgehead atoms. The summed E-state index contributed by atoms with van der Waals surface area (Å²) in [5.74, 6) is -2.05. The first kappa shape index (κ1) is 39.2. The number of para-hydroxylation sites is 1. The number of ether oxygens (including phenoxy) is 1. The molecule has 3 heterocycles. The van der Waals surface area contributed by atoms with E-state index in [2.05, 4.69) is 26.9 Å². The number of nitrogens with one attached hydrogen (secondary N) is 3. The van der Waals surface area contributed by atoms with Crippen molar-refractivity contribution in [3.8, 4) is 12.3 Å². The summed E-state index contributed by atoms with van der Waals surface area (Å²) in [6.45, 7) is 2.90. The van der Waals surface area contributed by atoms with Crippen LogP contribution in [0.4, 0.5) is 10.5 Å². The maximum atomic E-state index is 14.4. The lowest BCUT2D eigenvalue weighted by molar-refractivity contribution is -0.156. The highest BCUT2D eigenvalue weighted by molar-refractivity contribution is 6.39. The summed E-state index contributed by atoms with van der Waals surface area (Å²) < 4.78 is 5.68. The number of carbonyl (C=O) groups is 7. The number of anilines is 1. The average Bonchev–Trinajstić information content (AvgIpc) is 3.81. The zero-order chi connectivity index (χ0) is 38.9. The Balaban J connectivity index is 1.47. The van der Waals surface area contributed by atoms with Crippen LogP contribution >= 0.6 is 0 Å². The first-order chi connectivity index (χ1) is 25.9. The molecule has 0 aliphatic carbocycles. The highest BCUT2D eigenvalue weighted by atomic mass is 16.5. The number of rotatable bonds is 7. The van der Waals surface area contributed by atoms with Gasteiger partial charge in [0.15, 0.2) is 0 Å². The molecule has 3 aliphatic heterocycles. The van der Waals surface area contributed by atoms with Crippen molar-refractivity contribution < 1.29 is 38.3 Å². The quantitative estimate of drug-likeness (QED) is 0.282. The van der Waals surface area contributed by atoms with Gasteiger partial charge in [-0.15, -0.1) is 12.3 Å². The Kier molecular flexibility index (Phi) is 12.8. The molecular formula is C39H45N7O8. The van der Waals surface area contributed by atoms with E-state index >= 15 is 0 Å². The van der Waals surface area contributed by atoms with Crippen LogP contribution in [0, 0.1) is 18.3 Å². The van der Waals surface area contributed by atoms with Crippen LogP contribution in [0.3, 0.4) is 0 Å². The van der Waals surface area contributed by atoms with Gasteiger partial charge in [-0.05, 0) is 49.8 Å². The Morgan fingerprint density at radius 1 is 0.981 bits per heavy atom. The number of likely N-dealkylation sites (N-methyl/N-ethyl adjacent to an activating group) is 1. The largest absolute Gasteiger partial charge is 0.461 e. The van der Waals surface area contributed by atoms with E-state index in [1.165, 1.54) is 23.8 Å². The second kappa shape index (κ2) is 17.7. The van der Waals surface area contributed by atoms with Crippen molar-refractivity contribution >= 4 is 52.9 Å². The number of aliphatic imine (C=N–C) groups is 1. The number of urea groups is 1. The van der Waals surface area contributed by atoms with Gasteiger partial charge in [-0.25, -0.2) is 14.6 Å². The Morgan fingerprint density at radius 2 is 1.67 bits per heavy atom. The van der Waals surface area contributed by atoms with Crippen molar-refractivity contribution in [1.82, 2.24) is 25.3 Å². The van der Waals surface area contributed by atoms with Gasteiger partial charge in [0.2, 0.25) is 17.7 Å². The normalized spacial score (nSPS) is 25.4. The monoisotopic (exact) mass is 739 g/mol. The molecule has 284 valence electrons. The minimum absolute atomic E-state index is 0.0493. The summed E-state index contributed by atoms with van der Waals surface area (Å²) in [6, 6.07) is 10.9. The standard InChI is InChI=1S/C39H45N7O8/c1-5-13-30-34(48)40-25(3)35(49)46-22-24(2)20-32(46)38(52)54-23-29(36(50)45-19-12-18-31(45)37(51)44(30)4)42-33(47)28(21-26-14-8-6-9-15-26)43-39(53)41-27-16-10-7-11-17-27/h1,6-11,14-17,24,28-32H,12-13,18-23H2,2-4H3,(H,42,47)(H2,41,43,53)/b40-25+/t24-,28+,29+,30+,31+,32+/m1/s1. The van der Waals surface area contributed by atoms with Crippen LogP contribution in [0.15, 0.2) is 65.7 Å². The molecule has 0 radical (unpaired) electrons.